The van der Waals surface area contributed by atoms with Gasteiger partial charge in [-0.3, -0.25) is 4.79 Å². The quantitative estimate of drug-likeness (QED) is 0.591. The summed E-state index contributed by atoms with van der Waals surface area (Å²) in [6, 6.07) is 9.67. The number of carbonyl (C=O) groups excluding carboxylic acids is 1. The van der Waals surface area contributed by atoms with E-state index in [0.29, 0.717) is 12.8 Å². The lowest BCUT2D eigenvalue weighted by Gasteiger charge is -2.01. The molecule has 0 saturated carbocycles. The highest BCUT2D eigenvalue weighted by Gasteiger charge is 2.17. The number of aryl methyl sites for hydroxylation is 1. The molecule has 1 aromatic heterocycles. The second-order valence-electron chi connectivity index (χ2n) is 4.60. The van der Waals surface area contributed by atoms with E-state index in [2.05, 4.69) is 21.3 Å². The average molecular weight is 317 g/mol. The predicted molar refractivity (Wildman–Crippen MR) is 80.4 cm³/mol. The van der Waals surface area contributed by atoms with Gasteiger partial charge in [-0.2, -0.15) is 0 Å². The van der Waals surface area contributed by atoms with Crippen LogP contribution in [-0.4, -0.2) is 29.0 Å². The number of nitrogens with zero attached hydrogens (tertiary/aromatic N) is 3. The van der Waals surface area contributed by atoms with Crippen molar-refractivity contribution in [2.24, 2.45) is 0 Å². The standard InChI is InChI=1S/C15H15N3O3S/c1-2-10-22(20,21)15-16-12-18(17-15)11-14(19)9-8-13-6-4-3-5-7-13/h3-7,12H,8-9,11H2,1H3. The van der Waals surface area contributed by atoms with Crippen molar-refractivity contribution in [3.63, 3.8) is 0 Å². The monoisotopic (exact) mass is 317 g/mol. The van der Waals surface area contributed by atoms with Crippen LogP contribution >= 0.6 is 0 Å². The summed E-state index contributed by atoms with van der Waals surface area (Å²) in [5.74, 6) is 2.26. The van der Waals surface area contributed by atoms with Gasteiger partial charge in [0.1, 0.15) is 12.9 Å². The highest BCUT2D eigenvalue weighted by Crippen LogP contribution is 2.05. The molecule has 2 rings (SSSR count). The number of rotatable bonds is 6. The van der Waals surface area contributed by atoms with E-state index in [9.17, 15) is 13.2 Å². The van der Waals surface area contributed by atoms with Crippen LogP contribution in [0.3, 0.4) is 0 Å². The Kier molecular flexibility index (Phi) is 5.07. The SMILES string of the molecule is CC#CS(=O)(=O)c1ncn(CC(=O)CCc2ccccc2)n1. The van der Waals surface area contributed by atoms with E-state index in [1.54, 1.807) is 0 Å². The first-order valence-electron chi connectivity index (χ1n) is 6.65. The first-order chi connectivity index (χ1) is 10.5. The van der Waals surface area contributed by atoms with Crippen molar-refractivity contribution in [2.75, 3.05) is 0 Å². The summed E-state index contributed by atoms with van der Waals surface area (Å²) in [5.41, 5.74) is 1.08. The van der Waals surface area contributed by atoms with Gasteiger partial charge in [0.25, 0.3) is 15.0 Å². The number of carbonyl (C=O) groups is 1. The average Bonchev–Trinajstić information content (AvgIpc) is 2.95. The summed E-state index contributed by atoms with van der Waals surface area (Å²) in [4.78, 5) is 15.6. The zero-order valence-corrected chi connectivity index (χ0v) is 12.9. The minimum Gasteiger partial charge on any atom is -0.298 e. The van der Waals surface area contributed by atoms with Crippen molar-refractivity contribution in [2.45, 2.75) is 31.5 Å². The van der Waals surface area contributed by atoms with Gasteiger partial charge in [0.15, 0.2) is 5.78 Å². The molecule has 0 unspecified atom stereocenters. The highest BCUT2D eigenvalue weighted by atomic mass is 32.2. The minimum absolute atomic E-state index is 0.00505. The van der Waals surface area contributed by atoms with Crippen LogP contribution in [0, 0.1) is 11.2 Å². The molecule has 0 spiro atoms. The van der Waals surface area contributed by atoms with Gasteiger partial charge in [0, 0.05) is 11.7 Å². The lowest BCUT2D eigenvalue weighted by molar-refractivity contribution is -0.119. The van der Waals surface area contributed by atoms with E-state index in [1.807, 2.05) is 30.3 Å². The molecule has 2 aromatic rings. The topological polar surface area (TPSA) is 81.9 Å². The molecule has 0 radical (unpaired) electrons. The van der Waals surface area contributed by atoms with Gasteiger partial charge in [-0.1, -0.05) is 36.3 Å². The molecule has 0 atom stereocenters. The van der Waals surface area contributed by atoms with E-state index < -0.39 is 9.84 Å². The Morgan fingerprint density at radius 3 is 2.68 bits per heavy atom. The van der Waals surface area contributed by atoms with Crippen molar-refractivity contribution >= 4 is 15.6 Å². The number of sulfone groups is 1. The van der Waals surface area contributed by atoms with Gasteiger partial charge in [-0.25, -0.2) is 18.1 Å². The largest absolute Gasteiger partial charge is 0.298 e. The zero-order chi connectivity index (χ0) is 16.0. The summed E-state index contributed by atoms with van der Waals surface area (Å²) in [7, 11) is -3.80. The third kappa shape index (κ3) is 4.27. The van der Waals surface area contributed by atoms with Gasteiger partial charge in [0.2, 0.25) is 0 Å². The molecular weight excluding hydrogens is 302 g/mol. The maximum atomic E-state index is 11.9. The Morgan fingerprint density at radius 2 is 2.00 bits per heavy atom. The molecule has 114 valence electrons. The fraction of sp³-hybridized carbons (Fsp3) is 0.267. The molecule has 1 heterocycles. The molecule has 0 aliphatic carbocycles. The normalized spacial score (nSPS) is 10.8. The van der Waals surface area contributed by atoms with Crippen molar-refractivity contribution in [3.05, 3.63) is 42.2 Å². The van der Waals surface area contributed by atoms with Gasteiger partial charge >= 0.3 is 0 Å². The van der Waals surface area contributed by atoms with E-state index in [0.717, 1.165) is 5.56 Å². The van der Waals surface area contributed by atoms with Gasteiger partial charge in [0.05, 0.1) is 0 Å². The van der Waals surface area contributed by atoms with E-state index in [-0.39, 0.29) is 17.5 Å². The molecule has 7 heteroatoms. The molecule has 0 amide bonds. The first kappa shape index (κ1) is 15.9. The molecule has 0 N–H and O–H groups in total. The number of ketones is 1. The maximum Gasteiger partial charge on any atom is 0.282 e. The number of Topliss-reactive ketones (excluding diaryl/α,β-unsaturated/α-hetero) is 1. The van der Waals surface area contributed by atoms with Gasteiger partial charge in [-0.15, -0.1) is 5.10 Å². The summed E-state index contributed by atoms with van der Waals surface area (Å²) in [6.45, 7) is 1.41. The van der Waals surface area contributed by atoms with Crippen LogP contribution in [0.25, 0.3) is 0 Å². The number of aromatic nitrogens is 3. The molecule has 0 aliphatic rings. The van der Waals surface area contributed by atoms with Crippen LogP contribution in [0.5, 0.6) is 0 Å². The molecule has 1 aromatic carbocycles. The third-order valence-corrected chi connectivity index (χ3v) is 4.01. The minimum atomic E-state index is -3.80. The molecule has 6 nitrogen and oxygen atoms in total. The van der Waals surface area contributed by atoms with Crippen LogP contribution in [0.15, 0.2) is 41.8 Å². The fourth-order valence-corrected chi connectivity index (χ4v) is 2.60. The first-order valence-corrected chi connectivity index (χ1v) is 8.13. The lowest BCUT2D eigenvalue weighted by Crippen LogP contribution is -2.12. The predicted octanol–water partition coefficient (Wildman–Crippen LogP) is 1.23. The Hall–Kier alpha value is -2.46. The van der Waals surface area contributed by atoms with E-state index >= 15 is 0 Å². The Balaban J connectivity index is 1.95. The third-order valence-electron chi connectivity index (χ3n) is 2.87. The fourth-order valence-electron chi connectivity index (χ4n) is 1.85. The van der Waals surface area contributed by atoms with Crippen molar-refractivity contribution in [1.29, 1.82) is 0 Å². The van der Waals surface area contributed by atoms with Crippen molar-refractivity contribution < 1.29 is 13.2 Å². The molecule has 0 fully saturated rings. The summed E-state index contributed by atoms with van der Waals surface area (Å²) < 4.78 is 24.5. The molecule has 0 aliphatic heterocycles. The second kappa shape index (κ2) is 7.00. The lowest BCUT2D eigenvalue weighted by atomic mass is 10.1. The summed E-state index contributed by atoms with van der Waals surface area (Å²) in [5, 5.41) is 5.46. The van der Waals surface area contributed by atoms with Crippen LogP contribution in [0.1, 0.15) is 18.9 Å². The second-order valence-corrected chi connectivity index (χ2v) is 6.18. The molecule has 0 saturated heterocycles. The molecule has 22 heavy (non-hydrogen) atoms. The number of hydrogen-bond acceptors (Lipinski definition) is 5. The smallest absolute Gasteiger partial charge is 0.282 e. The maximum absolute atomic E-state index is 11.9. The van der Waals surface area contributed by atoms with Crippen LogP contribution in [0.2, 0.25) is 0 Å². The van der Waals surface area contributed by atoms with Gasteiger partial charge < -0.3 is 0 Å². The van der Waals surface area contributed by atoms with E-state index in [1.165, 1.54) is 17.9 Å². The molecule has 0 bridgehead atoms. The molecular formula is C15H15N3O3S. The summed E-state index contributed by atoms with van der Waals surface area (Å²) in [6.07, 6.45) is 2.23. The zero-order valence-electron chi connectivity index (χ0n) is 12.1. The Morgan fingerprint density at radius 1 is 1.27 bits per heavy atom. The Bertz CT molecular complexity index is 814. The van der Waals surface area contributed by atoms with Crippen LogP contribution in [-0.2, 0) is 27.6 Å². The Labute approximate surface area is 129 Å². The highest BCUT2D eigenvalue weighted by molar-refractivity contribution is 7.95. The van der Waals surface area contributed by atoms with Crippen molar-refractivity contribution in [1.82, 2.24) is 14.8 Å². The number of hydrogen-bond donors (Lipinski definition) is 0. The van der Waals surface area contributed by atoms with Crippen LogP contribution in [0.4, 0.5) is 0 Å². The van der Waals surface area contributed by atoms with E-state index in [4.69, 9.17) is 0 Å². The number of benzene rings is 1. The summed E-state index contributed by atoms with van der Waals surface area (Å²) >= 11 is 0. The van der Waals surface area contributed by atoms with Gasteiger partial charge in [-0.05, 0) is 18.9 Å². The van der Waals surface area contributed by atoms with Crippen molar-refractivity contribution in [3.8, 4) is 11.2 Å². The van der Waals surface area contributed by atoms with Crippen LogP contribution < -0.4 is 0 Å².